The first kappa shape index (κ1) is 17.1. The van der Waals surface area contributed by atoms with Gasteiger partial charge in [-0.2, -0.15) is 0 Å². The largest absolute Gasteiger partial charge is 0.492 e. The molecule has 3 fully saturated rings. The highest BCUT2D eigenvalue weighted by molar-refractivity contribution is 6.30. The fourth-order valence-electron chi connectivity index (χ4n) is 4.25. The molecule has 6 heteroatoms. The molecule has 5 nitrogen and oxygen atoms in total. The number of nitrogens with zero attached hydrogens (tertiary/aromatic N) is 2. The zero-order chi connectivity index (χ0) is 17.2. The molecule has 1 aromatic carbocycles. The molecule has 0 radical (unpaired) electrons. The van der Waals surface area contributed by atoms with Gasteiger partial charge >= 0.3 is 0 Å². The monoisotopic (exact) mass is 364 g/mol. The fourth-order valence-corrected chi connectivity index (χ4v) is 4.38. The zero-order valence-corrected chi connectivity index (χ0v) is 15.2. The van der Waals surface area contributed by atoms with Crippen molar-refractivity contribution in [2.75, 3.05) is 45.9 Å². The average molecular weight is 365 g/mol. The van der Waals surface area contributed by atoms with Crippen LogP contribution >= 0.6 is 11.6 Å². The molecule has 0 aliphatic carbocycles. The van der Waals surface area contributed by atoms with Gasteiger partial charge in [-0.3, -0.25) is 9.69 Å². The van der Waals surface area contributed by atoms with E-state index in [-0.39, 0.29) is 0 Å². The highest BCUT2D eigenvalue weighted by Gasteiger charge is 2.44. The van der Waals surface area contributed by atoms with Crippen LogP contribution in [0.3, 0.4) is 0 Å². The molecule has 0 saturated carbocycles. The third kappa shape index (κ3) is 3.94. The van der Waals surface area contributed by atoms with Crippen molar-refractivity contribution in [3.63, 3.8) is 0 Å². The van der Waals surface area contributed by atoms with Crippen LogP contribution in [0.25, 0.3) is 0 Å². The Morgan fingerprint density at radius 2 is 2.08 bits per heavy atom. The minimum Gasteiger partial charge on any atom is -0.492 e. The molecule has 0 bridgehead atoms. The van der Waals surface area contributed by atoms with E-state index in [0.29, 0.717) is 30.5 Å². The molecule has 1 aromatic rings. The van der Waals surface area contributed by atoms with Crippen LogP contribution in [-0.2, 0) is 9.53 Å². The van der Waals surface area contributed by atoms with Gasteiger partial charge in [-0.25, -0.2) is 0 Å². The summed E-state index contributed by atoms with van der Waals surface area (Å²) in [6.45, 7) is 6.17. The Morgan fingerprint density at radius 3 is 2.84 bits per heavy atom. The van der Waals surface area contributed by atoms with Gasteiger partial charge in [0.25, 0.3) is 0 Å². The van der Waals surface area contributed by atoms with Crippen LogP contribution in [0.5, 0.6) is 5.75 Å². The summed E-state index contributed by atoms with van der Waals surface area (Å²) in [4.78, 5) is 16.3. The van der Waals surface area contributed by atoms with Crippen molar-refractivity contribution in [3.8, 4) is 5.75 Å². The molecule has 136 valence electrons. The van der Waals surface area contributed by atoms with Crippen LogP contribution in [0, 0.1) is 11.8 Å². The van der Waals surface area contributed by atoms with Gasteiger partial charge in [-0.15, -0.1) is 0 Å². The van der Waals surface area contributed by atoms with Gasteiger partial charge in [0, 0.05) is 56.0 Å². The maximum absolute atomic E-state index is 11.9. The summed E-state index contributed by atoms with van der Waals surface area (Å²) in [6, 6.07) is 7.48. The number of carbonyl (C=O) groups is 1. The number of hydrogen-bond donors (Lipinski definition) is 0. The van der Waals surface area contributed by atoms with Gasteiger partial charge in [0.15, 0.2) is 0 Å². The molecule has 3 saturated heterocycles. The van der Waals surface area contributed by atoms with Crippen molar-refractivity contribution in [2.45, 2.75) is 18.9 Å². The van der Waals surface area contributed by atoms with Crippen LogP contribution < -0.4 is 4.74 Å². The lowest BCUT2D eigenvalue weighted by Crippen LogP contribution is -2.35. The lowest BCUT2D eigenvalue weighted by molar-refractivity contribution is -0.128. The fraction of sp³-hybridized carbons (Fsp3) is 0.632. The van der Waals surface area contributed by atoms with E-state index in [4.69, 9.17) is 21.1 Å². The molecule has 3 aliphatic rings. The summed E-state index contributed by atoms with van der Waals surface area (Å²) in [5.74, 6) is 2.19. The third-order valence-electron chi connectivity index (χ3n) is 5.63. The minimum absolute atomic E-state index is 0.315. The molecular weight excluding hydrogens is 340 g/mol. The number of halogens is 1. The molecule has 0 spiro atoms. The van der Waals surface area contributed by atoms with Crippen LogP contribution in [0.4, 0.5) is 0 Å². The Kier molecular flexibility index (Phi) is 5.15. The normalized spacial score (nSPS) is 29.4. The predicted molar refractivity (Wildman–Crippen MR) is 95.9 cm³/mol. The molecule has 1 amide bonds. The standard InChI is InChI=1S/C19H25ClN2O3/c20-15-3-5-16(6-4-15)24-9-8-21-11-17-14(13-25-18(17)12-21)10-22-7-1-2-19(22)23/h3-6,14,17-18H,1-2,7-13H2/t14-,17+,18+/m1/s1. The molecular formula is C19H25ClN2O3. The number of amides is 1. The van der Waals surface area contributed by atoms with Gasteiger partial charge < -0.3 is 14.4 Å². The first-order valence-electron chi connectivity index (χ1n) is 9.19. The number of benzene rings is 1. The molecule has 25 heavy (non-hydrogen) atoms. The summed E-state index contributed by atoms with van der Waals surface area (Å²) in [7, 11) is 0. The van der Waals surface area contributed by atoms with Crippen LogP contribution in [0.1, 0.15) is 12.8 Å². The number of rotatable bonds is 6. The van der Waals surface area contributed by atoms with E-state index in [1.54, 1.807) is 0 Å². The predicted octanol–water partition coefficient (Wildman–Crippen LogP) is 2.29. The summed E-state index contributed by atoms with van der Waals surface area (Å²) in [5, 5.41) is 0.722. The van der Waals surface area contributed by atoms with E-state index in [9.17, 15) is 4.79 Å². The van der Waals surface area contributed by atoms with E-state index in [2.05, 4.69) is 4.90 Å². The topological polar surface area (TPSA) is 42.0 Å². The van der Waals surface area contributed by atoms with E-state index < -0.39 is 0 Å². The highest BCUT2D eigenvalue weighted by atomic mass is 35.5. The van der Waals surface area contributed by atoms with Crippen molar-refractivity contribution in [1.29, 1.82) is 0 Å². The van der Waals surface area contributed by atoms with Crippen LogP contribution in [-0.4, -0.2) is 67.7 Å². The van der Waals surface area contributed by atoms with Crippen LogP contribution in [0.2, 0.25) is 5.02 Å². The summed E-state index contributed by atoms with van der Waals surface area (Å²) < 4.78 is 11.8. The average Bonchev–Trinajstić information content (AvgIpc) is 3.28. The minimum atomic E-state index is 0.315. The van der Waals surface area contributed by atoms with E-state index in [1.165, 1.54) is 0 Å². The molecule has 3 aliphatic heterocycles. The Labute approximate surface area is 153 Å². The highest BCUT2D eigenvalue weighted by Crippen LogP contribution is 2.34. The van der Waals surface area contributed by atoms with Gasteiger partial charge in [0.2, 0.25) is 5.91 Å². The number of carbonyl (C=O) groups excluding carboxylic acids is 1. The van der Waals surface area contributed by atoms with Crippen LogP contribution in [0.15, 0.2) is 24.3 Å². The van der Waals surface area contributed by atoms with Gasteiger partial charge in [0.1, 0.15) is 12.4 Å². The third-order valence-corrected chi connectivity index (χ3v) is 5.88. The number of likely N-dealkylation sites (tertiary alicyclic amines) is 2. The smallest absolute Gasteiger partial charge is 0.222 e. The van der Waals surface area contributed by atoms with Crippen molar-refractivity contribution >= 4 is 17.5 Å². The molecule has 0 aromatic heterocycles. The van der Waals surface area contributed by atoms with Crippen molar-refractivity contribution < 1.29 is 14.3 Å². The van der Waals surface area contributed by atoms with E-state index in [1.807, 2.05) is 29.2 Å². The Morgan fingerprint density at radius 1 is 1.24 bits per heavy atom. The lowest BCUT2D eigenvalue weighted by atomic mass is 9.93. The molecule has 3 heterocycles. The molecule has 3 atom stereocenters. The Balaban J connectivity index is 1.23. The van der Waals surface area contributed by atoms with Crippen molar-refractivity contribution in [1.82, 2.24) is 9.80 Å². The van der Waals surface area contributed by atoms with E-state index >= 15 is 0 Å². The van der Waals surface area contributed by atoms with Gasteiger partial charge in [-0.05, 0) is 30.7 Å². The first-order chi connectivity index (χ1) is 12.2. The van der Waals surface area contributed by atoms with Crippen molar-refractivity contribution in [2.24, 2.45) is 11.8 Å². The second-order valence-corrected chi connectivity index (χ2v) is 7.74. The quantitative estimate of drug-likeness (QED) is 0.776. The summed E-state index contributed by atoms with van der Waals surface area (Å²) in [5.41, 5.74) is 0. The van der Waals surface area contributed by atoms with Gasteiger partial charge in [0.05, 0.1) is 12.7 Å². The summed E-state index contributed by atoms with van der Waals surface area (Å²) >= 11 is 5.89. The maximum atomic E-state index is 11.9. The van der Waals surface area contributed by atoms with Crippen molar-refractivity contribution in [3.05, 3.63) is 29.3 Å². The zero-order valence-electron chi connectivity index (χ0n) is 14.4. The Bertz CT molecular complexity index is 609. The molecule has 4 rings (SSSR count). The number of ether oxygens (including phenoxy) is 2. The van der Waals surface area contributed by atoms with Gasteiger partial charge in [-0.1, -0.05) is 11.6 Å². The SMILES string of the molecule is O=C1CCCN1C[C@@H]1CO[C@H]2CN(CCOc3ccc(Cl)cc3)C[C@@H]12. The lowest BCUT2D eigenvalue weighted by Gasteiger charge is -2.24. The number of hydrogen-bond acceptors (Lipinski definition) is 4. The second kappa shape index (κ2) is 7.52. The first-order valence-corrected chi connectivity index (χ1v) is 9.57. The molecule has 0 N–H and O–H groups in total. The maximum Gasteiger partial charge on any atom is 0.222 e. The molecule has 0 unspecified atom stereocenters. The Hall–Kier alpha value is -1.30. The summed E-state index contributed by atoms with van der Waals surface area (Å²) in [6.07, 6.45) is 2.04. The van der Waals surface area contributed by atoms with E-state index in [0.717, 1.165) is 62.9 Å². The number of fused-ring (bicyclic) bond motifs is 1. The second-order valence-electron chi connectivity index (χ2n) is 7.30.